The zero-order valence-corrected chi connectivity index (χ0v) is 19.6. The van der Waals surface area contributed by atoms with Crippen molar-refractivity contribution in [1.29, 1.82) is 0 Å². The molecule has 0 N–H and O–H groups in total. The number of rotatable bonds is 12. The van der Waals surface area contributed by atoms with Crippen molar-refractivity contribution < 1.29 is 0 Å². The van der Waals surface area contributed by atoms with Gasteiger partial charge >= 0.3 is 0 Å². The largest absolute Gasteiger partial charge is 0.0654 e. The highest BCUT2D eigenvalue weighted by Gasteiger charge is 2.19. The fourth-order valence-corrected chi connectivity index (χ4v) is 4.59. The Morgan fingerprint density at radius 3 is 1.04 bits per heavy atom. The van der Waals surface area contributed by atoms with Crippen LogP contribution < -0.4 is 0 Å². The molecule has 0 radical (unpaired) electrons. The van der Waals surface area contributed by atoms with Crippen LogP contribution in [-0.2, 0) is 25.7 Å². The number of hydrogen-bond donors (Lipinski definition) is 0. The van der Waals surface area contributed by atoms with Crippen LogP contribution in [-0.4, -0.2) is 0 Å². The number of unbranched alkanes of at least 4 members (excludes halogenated alkanes) is 4. The smallest absolute Gasteiger partial charge is 0.0143 e. The van der Waals surface area contributed by atoms with E-state index in [1.54, 1.807) is 33.0 Å². The van der Waals surface area contributed by atoms with Crippen LogP contribution in [0, 0.1) is 13.8 Å². The molecule has 0 atom stereocenters. The SMILES string of the molecule is CCCCc1c(CCCC)c(CCCC)c2cc(C)c(C)cc2c1CCCC. The second-order valence-electron chi connectivity index (χ2n) is 8.81. The highest BCUT2D eigenvalue weighted by Crippen LogP contribution is 2.36. The van der Waals surface area contributed by atoms with Gasteiger partial charge in [0.25, 0.3) is 0 Å². The van der Waals surface area contributed by atoms with Gasteiger partial charge in [0, 0.05) is 0 Å². The van der Waals surface area contributed by atoms with Crippen molar-refractivity contribution in [2.75, 3.05) is 0 Å². The van der Waals surface area contributed by atoms with E-state index in [1.807, 2.05) is 0 Å². The van der Waals surface area contributed by atoms with E-state index < -0.39 is 0 Å². The topological polar surface area (TPSA) is 0 Å². The molecule has 0 aliphatic rings. The number of hydrogen-bond acceptors (Lipinski definition) is 0. The van der Waals surface area contributed by atoms with Gasteiger partial charge in [0.2, 0.25) is 0 Å². The molecule has 2 rings (SSSR count). The third-order valence-corrected chi connectivity index (χ3v) is 6.50. The molecule has 2 aromatic rings. The molecule has 0 aliphatic heterocycles. The summed E-state index contributed by atoms with van der Waals surface area (Å²) in [6, 6.07) is 5.04. The summed E-state index contributed by atoms with van der Waals surface area (Å²) in [5.41, 5.74) is 9.78. The molecular formula is C28H44. The molecule has 0 aliphatic carbocycles. The molecule has 0 unspecified atom stereocenters. The normalized spacial score (nSPS) is 11.5. The van der Waals surface area contributed by atoms with Crippen molar-refractivity contribution in [3.8, 4) is 0 Å². The van der Waals surface area contributed by atoms with Crippen molar-refractivity contribution in [2.45, 2.75) is 119 Å². The van der Waals surface area contributed by atoms with Crippen molar-refractivity contribution in [1.82, 2.24) is 0 Å². The molecule has 0 amide bonds. The highest BCUT2D eigenvalue weighted by molar-refractivity contribution is 5.92. The predicted octanol–water partition coefficient (Wildman–Crippen LogP) is 8.83. The van der Waals surface area contributed by atoms with Crippen LogP contribution in [0.1, 0.15) is 112 Å². The summed E-state index contributed by atoms with van der Waals surface area (Å²) in [5, 5.41) is 3.16. The van der Waals surface area contributed by atoms with E-state index in [-0.39, 0.29) is 0 Å². The average molecular weight is 381 g/mol. The molecule has 28 heavy (non-hydrogen) atoms. The molecule has 0 heteroatoms. The van der Waals surface area contributed by atoms with E-state index >= 15 is 0 Å². The Balaban J connectivity index is 2.82. The molecular weight excluding hydrogens is 336 g/mol. The van der Waals surface area contributed by atoms with Crippen LogP contribution in [0.25, 0.3) is 10.8 Å². The summed E-state index contributed by atoms with van der Waals surface area (Å²) in [6.45, 7) is 13.9. The van der Waals surface area contributed by atoms with Crippen LogP contribution in [0.3, 0.4) is 0 Å². The predicted molar refractivity (Wildman–Crippen MR) is 128 cm³/mol. The molecule has 0 spiro atoms. The van der Waals surface area contributed by atoms with Gasteiger partial charge in [-0.1, -0.05) is 65.5 Å². The summed E-state index contributed by atoms with van der Waals surface area (Å²) in [4.78, 5) is 0. The number of fused-ring (bicyclic) bond motifs is 1. The molecule has 0 saturated carbocycles. The summed E-state index contributed by atoms with van der Waals surface area (Å²) in [6.07, 6.45) is 15.4. The Bertz CT molecular complexity index is 686. The Kier molecular flexibility index (Phi) is 9.56. The Hall–Kier alpha value is -1.30. The van der Waals surface area contributed by atoms with Crippen molar-refractivity contribution in [3.05, 3.63) is 45.5 Å². The molecule has 0 fully saturated rings. The fraction of sp³-hybridized carbons (Fsp3) is 0.643. The van der Waals surface area contributed by atoms with E-state index in [0.717, 1.165) is 0 Å². The Morgan fingerprint density at radius 2 is 0.750 bits per heavy atom. The third-order valence-electron chi connectivity index (χ3n) is 6.50. The van der Waals surface area contributed by atoms with E-state index in [0.29, 0.717) is 0 Å². The molecule has 156 valence electrons. The van der Waals surface area contributed by atoms with Gasteiger partial charge in [-0.05, 0) is 109 Å². The van der Waals surface area contributed by atoms with Crippen molar-refractivity contribution >= 4 is 10.8 Å². The van der Waals surface area contributed by atoms with Gasteiger partial charge in [0.1, 0.15) is 0 Å². The van der Waals surface area contributed by atoms with Crippen LogP contribution in [0.4, 0.5) is 0 Å². The summed E-state index contributed by atoms with van der Waals surface area (Å²) in [5.74, 6) is 0. The minimum absolute atomic E-state index is 1.25. The van der Waals surface area contributed by atoms with Crippen LogP contribution in [0.15, 0.2) is 12.1 Å². The number of benzene rings is 2. The minimum atomic E-state index is 1.25. The minimum Gasteiger partial charge on any atom is -0.0654 e. The van der Waals surface area contributed by atoms with E-state index in [2.05, 4.69) is 53.7 Å². The molecule has 0 aromatic heterocycles. The maximum absolute atomic E-state index is 2.52. The lowest BCUT2D eigenvalue weighted by Crippen LogP contribution is -2.09. The maximum Gasteiger partial charge on any atom is -0.0143 e. The van der Waals surface area contributed by atoms with Crippen LogP contribution >= 0.6 is 0 Å². The van der Waals surface area contributed by atoms with E-state index in [1.165, 1.54) is 88.2 Å². The second-order valence-corrected chi connectivity index (χ2v) is 8.81. The highest BCUT2D eigenvalue weighted by atomic mass is 14.2. The van der Waals surface area contributed by atoms with Gasteiger partial charge < -0.3 is 0 Å². The van der Waals surface area contributed by atoms with Crippen LogP contribution in [0.2, 0.25) is 0 Å². The van der Waals surface area contributed by atoms with Crippen LogP contribution in [0.5, 0.6) is 0 Å². The monoisotopic (exact) mass is 380 g/mol. The van der Waals surface area contributed by atoms with Gasteiger partial charge in [-0.25, -0.2) is 0 Å². The maximum atomic E-state index is 2.52. The van der Waals surface area contributed by atoms with Crippen molar-refractivity contribution in [3.63, 3.8) is 0 Å². The summed E-state index contributed by atoms with van der Waals surface area (Å²) >= 11 is 0. The Labute approximate surface area is 175 Å². The first kappa shape index (κ1) is 23.0. The molecule has 0 nitrogen and oxygen atoms in total. The lowest BCUT2D eigenvalue weighted by atomic mass is 9.81. The summed E-state index contributed by atoms with van der Waals surface area (Å²) in [7, 11) is 0. The van der Waals surface area contributed by atoms with Gasteiger partial charge in [0.05, 0.1) is 0 Å². The molecule has 2 aromatic carbocycles. The van der Waals surface area contributed by atoms with E-state index in [9.17, 15) is 0 Å². The van der Waals surface area contributed by atoms with Gasteiger partial charge in [-0.3, -0.25) is 0 Å². The first-order chi connectivity index (χ1) is 13.6. The quantitative estimate of drug-likeness (QED) is 0.345. The second kappa shape index (κ2) is 11.6. The molecule has 0 bridgehead atoms. The van der Waals surface area contributed by atoms with Gasteiger partial charge in [-0.15, -0.1) is 0 Å². The van der Waals surface area contributed by atoms with Gasteiger partial charge in [-0.2, -0.15) is 0 Å². The standard InChI is InChI=1S/C28H44/c1-7-11-15-23-24(16-12-8-2)26(18-14-10-4)28-20-22(6)21(5)19-27(28)25(23)17-13-9-3/h19-20H,7-18H2,1-6H3. The fourth-order valence-electron chi connectivity index (χ4n) is 4.59. The number of aryl methyl sites for hydroxylation is 4. The van der Waals surface area contributed by atoms with E-state index in [4.69, 9.17) is 0 Å². The zero-order valence-electron chi connectivity index (χ0n) is 19.6. The third kappa shape index (κ3) is 5.40. The first-order valence-electron chi connectivity index (χ1n) is 12.1. The summed E-state index contributed by atoms with van der Waals surface area (Å²) < 4.78 is 0. The molecule has 0 heterocycles. The van der Waals surface area contributed by atoms with Gasteiger partial charge in [0.15, 0.2) is 0 Å². The average Bonchev–Trinajstić information content (AvgIpc) is 2.69. The van der Waals surface area contributed by atoms with Crippen molar-refractivity contribution in [2.24, 2.45) is 0 Å². The lowest BCUT2D eigenvalue weighted by Gasteiger charge is -2.24. The Morgan fingerprint density at radius 1 is 0.464 bits per heavy atom. The first-order valence-corrected chi connectivity index (χ1v) is 12.1. The lowest BCUT2D eigenvalue weighted by molar-refractivity contribution is 0.724. The molecule has 0 saturated heterocycles. The zero-order chi connectivity index (χ0) is 20.5.